The fourth-order valence-electron chi connectivity index (χ4n) is 1.61. The van der Waals surface area contributed by atoms with Crippen molar-refractivity contribution in [3.05, 3.63) is 35.1 Å². The lowest BCUT2D eigenvalue weighted by molar-refractivity contribution is -0.114. The number of allylic oxidation sites excluding steroid dienone is 1. The van der Waals surface area contributed by atoms with Crippen LogP contribution in [0.3, 0.4) is 0 Å². The van der Waals surface area contributed by atoms with E-state index in [-0.39, 0.29) is 16.9 Å². The van der Waals surface area contributed by atoms with Crippen LogP contribution in [0.15, 0.2) is 24.0 Å². The molecule has 0 aromatic heterocycles. The summed E-state index contributed by atoms with van der Waals surface area (Å²) in [5.74, 6) is -3.02. The number of hydrogen-bond donors (Lipinski definition) is 2. The number of ether oxygens (including phenoxy) is 1. The lowest BCUT2D eigenvalue weighted by atomic mass is 9.92. The Hall–Kier alpha value is -2.30. The van der Waals surface area contributed by atoms with Crippen LogP contribution >= 0.6 is 0 Å². The van der Waals surface area contributed by atoms with Crippen molar-refractivity contribution in [2.45, 2.75) is 0 Å². The first-order valence-electron chi connectivity index (χ1n) is 4.46. The normalized spacial score (nSPS) is 15.1. The third kappa shape index (κ3) is 1.18. The number of aliphatic hydroxyl groups is 1. The minimum absolute atomic E-state index is 0.0986. The molecule has 0 amide bonds. The van der Waals surface area contributed by atoms with Crippen molar-refractivity contribution < 1.29 is 24.5 Å². The maximum atomic E-state index is 11.6. The van der Waals surface area contributed by atoms with E-state index in [1.807, 2.05) is 0 Å². The summed E-state index contributed by atoms with van der Waals surface area (Å²) >= 11 is 0. The molecule has 2 rings (SSSR count). The summed E-state index contributed by atoms with van der Waals surface area (Å²) in [6.45, 7) is 0. The number of aliphatic hydroxyl groups excluding tert-OH is 1. The van der Waals surface area contributed by atoms with E-state index in [0.717, 1.165) is 0 Å². The van der Waals surface area contributed by atoms with Crippen molar-refractivity contribution in [2.75, 3.05) is 7.11 Å². The van der Waals surface area contributed by atoms with Crippen molar-refractivity contribution in [3.63, 3.8) is 0 Å². The Morgan fingerprint density at radius 3 is 2.44 bits per heavy atom. The molecule has 0 radical (unpaired) electrons. The summed E-state index contributed by atoms with van der Waals surface area (Å²) in [6, 6.07) is 4.16. The van der Waals surface area contributed by atoms with Gasteiger partial charge < -0.3 is 14.9 Å². The number of rotatable bonds is 1. The summed E-state index contributed by atoms with van der Waals surface area (Å²) in [5.41, 5.74) is -0.0905. The van der Waals surface area contributed by atoms with Gasteiger partial charge in [-0.25, -0.2) is 0 Å². The first kappa shape index (κ1) is 10.2. The number of Topliss-reactive ketones (excluding diaryl/α,β-unsaturated/α-hetero) is 2. The molecule has 1 aliphatic rings. The molecule has 82 valence electrons. The average Bonchev–Trinajstić information content (AvgIpc) is 2.27. The highest BCUT2D eigenvalue weighted by Crippen LogP contribution is 2.32. The monoisotopic (exact) mass is 220 g/mol. The standard InChI is InChI=1S/C11H8O5/c1-16-11-8(13)5-3-2-4-6(12)7(5)9(14)10(11)15/h2-4,12-13H,1H3. The fourth-order valence-corrected chi connectivity index (χ4v) is 1.61. The van der Waals surface area contributed by atoms with Gasteiger partial charge in [-0.2, -0.15) is 0 Å². The van der Waals surface area contributed by atoms with E-state index in [0.29, 0.717) is 0 Å². The Bertz CT molecular complexity index is 527. The molecule has 0 fully saturated rings. The van der Waals surface area contributed by atoms with Gasteiger partial charge in [-0.15, -0.1) is 0 Å². The molecule has 1 aromatic rings. The maximum Gasteiger partial charge on any atom is 0.272 e. The van der Waals surface area contributed by atoms with Gasteiger partial charge in [0.05, 0.1) is 12.7 Å². The number of fused-ring (bicyclic) bond motifs is 1. The van der Waals surface area contributed by atoms with E-state index >= 15 is 0 Å². The average molecular weight is 220 g/mol. The van der Waals surface area contributed by atoms with E-state index in [9.17, 15) is 19.8 Å². The molecule has 5 heteroatoms. The molecule has 0 heterocycles. The van der Waals surface area contributed by atoms with Crippen molar-refractivity contribution >= 4 is 17.3 Å². The Kier molecular flexibility index (Phi) is 2.16. The van der Waals surface area contributed by atoms with Crippen LogP contribution in [-0.2, 0) is 9.53 Å². The Morgan fingerprint density at radius 1 is 1.12 bits per heavy atom. The van der Waals surface area contributed by atoms with Gasteiger partial charge in [0.1, 0.15) is 5.75 Å². The number of aromatic hydroxyl groups is 1. The zero-order chi connectivity index (χ0) is 11.9. The van der Waals surface area contributed by atoms with E-state index in [1.165, 1.54) is 25.3 Å². The van der Waals surface area contributed by atoms with Crippen LogP contribution in [0.25, 0.3) is 5.76 Å². The second-order valence-electron chi connectivity index (χ2n) is 3.24. The molecule has 1 aliphatic carbocycles. The fraction of sp³-hybridized carbons (Fsp3) is 0.0909. The molecule has 0 atom stereocenters. The number of carbonyl (C=O) groups excluding carboxylic acids is 2. The van der Waals surface area contributed by atoms with Crippen LogP contribution in [0.2, 0.25) is 0 Å². The Morgan fingerprint density at radius 2 is 1.81 bits per heavy atom. The Balaban J connectivity index is 2.80. The third-order valence-electron chi connectivity index (χ3n) is 2.36. The van der Waals surface area contributed by atoms with Gasteiger partial charge in [0.2, 0.25) is 11.5 Å². The van der Waals surface area contributed by atoms with Crippen LogP contribution < -0.4 is 0 Å². The van der Waals surface area contributed by atoms with Crippen molar-refractivity contribution in [2.24, 2.45) is 0 Å². The zero-order valence-corrected chi connectivity index (χ0v) is 8.35. The van der Waals surface area contributed by atoms with Crippen molar-refractivity contribution in [3.8, 4) is 5.75 Å². The van der Waals surface area contributed by atoms with Gasteiger partial charge in [-0.05, 0) is 6.07 Å². The lowest BCUT2D eigenvalue weighted by Crippen LogP contribution is -2.25. The molecule has 0 saturated heterocycles. The zero-order valence-electron chi connectivity index (χ0n) is 8.35. The second kappa shape index (κ2) is 3.37. The number of hydrogen-bond acceptors (Lipinski definition) is 5. The lowest BCUT2D eigenvalue weighted by Gasteiger charge is -2.17. The van der Waals surface area contributed by atoms with E-state index in [4.69, 9.17) is 0 Å². The molecule has 0 unspecified atom stereocenters. The number of phenolic OH excluding ortho intramolecular Hbond substituents is 1. The maximum absolute atomic E-state index is 11.6. The largest absolute Gasteiger partial charge is 0.507 e. The topological polar surface area (TPSA) is 83.8 Å². The summed E-state index contributed by atoms with van der Waals surface area (Å²) in [4.78, 5) is 23.1. The van der Waals surface area contributed by atoms with E-state index < -0.39 is 23.1 Å². The minimum atomic E-state index is -0.964. The van der Waals surface area contributed by atoms with Gasteiger partial charge in [0, 0.05) is 5.56 Å². The molecule has 2 N–H and O–H groups in total. The molecule has 0 bridgehead atoms. The smallest absolute Gasteiger partial charge is 0.272 e. The Labute approximate surface area is 90.6 Å². The third-order valence-corrected chi connectivity index (χ3v) is 2.36. The first-order valence-corrected chi connectivity index (χ1v) is 4.46. The number of ketones is 2. The van der Waals surface area contributed by atoms with E-state index in [2.05, 4.69) is 4.74 Å². The van der Waals surface area contributed by atoms with Gasteiger partial charge >= 0.3 is 0 Å². The summed E-state index contributed by atoms with van der Waals surface area (Å²) in [6.07, 6.45) is 0. The van der Waals surface area contributed by atoms with Gasteiger partial charge in [-0.3, -0.25) is 9.59 Å². The SMILES string of the molecule is COC1=C(O)c2cccc(O)c2C(=O)C1=O. The van der Waals surface area contributed by atoms with E-state index in [1.54, 1.807) is 0 Å². The molecule has 0 aliphatic heterocycles. The van der Waals surface area contributed by atoms with Crippen LogP contribution in [0, 0.1) is 0 Å². The molecular formula is C11H8O5. The molecule has 0 saturated carbocycles. The first-order chi connectivity index (χ1) is 7.57. The number of benzene rings is 1. The van der Waals surface area contributed by atoms with Crippen molar-refractivity contribution in [1.82, 2.24) is 0 Å². The quantitative estimate of drug-likeness (QED) is 0.690. The van der Waals surface area contributed by atoms with Crippen LogP contribution in [-0.4, -0.2) is 28.9 Å². The highest BCUT2D eigenvalue weighted by molar-refractivity contribution is 6.52. The van der Waals surface area contributed by atoms with Gasteiger partial charge in [0.15, 0.2) is 5.76 Å². The number of carbonyl (C=O) groups is 2. The summed E-state index contributed by atoms with van der Waals surface area (Å²) in [7, 11) is 1.19. The summed E-state index contributed by atoms with van der Waals surface area (Å²) < 4.78 is 4.66. The molecule has 16 heavy (non-hydrogen) atoms. The highest BCUT2D eigenvalue weighted by atomic mass is 16.5. The highest BCUT2D eigenvalue weighted by Gasteiger charge is 2.35. The van der Waals surface area contributed by atoms with Crippen LogP contribution in [0.1, 0.15) is 15.9 Å². The van der Waals surface area contributed by atoms with Gasteiger partial charge in [0.25, 0.3) is 5.78 Å². The number of methoxy groups -OCH3 is 1. The molecule has 5 nitrogen and oxygen atoms in total. The number of phenols is 1. The predicted octanol–water partition coefficient (Wildman–Crippen LogP) is 1.03. The van der Waals surface area contributed by atoms with Crippen molar-refractivity contribution in [1.29, 1.82) is 0 Å². The predicted molar refractivity (Wildman–Crippen MR) is 54.0 cm³/mol. The molecule has 1 aromatic carbocycles. The molecular weight excluding hydrogens is 212 g/mol. The second-order valence-corrected chi connectivity index (χ2v) is 3.24. The summed E-state index contributed by atoms with van der Waals surface area (Å²) in [5, 5.41) is 19.2. The molecule has 0 spiro atoms. The van der Waals surface area contributed by atoms with Crippen LogP contribution in [0.4, 0.5) is 0 Å². The minimum Gasteiger partial charge on any atom is -0.507 e. The van der Waals surface area contributed by atoms with Gasteiger partial charge in [-0.1, -0.05) is 12.1 Å². The van der Waals surface area contributed by atoms with Crippen LogP contribution in [0.5, 0.6) is 5.75 Å².